The number of carbonyl (C=O) groups is 1. The first-order valence-corrected chi connectivity index (χ1v) is 8.91. The molecule has 0 N–H and O–H groups in total. The molecular formula is C17H29NO3. The highest BCUT2D eigenvalue weighted by Crippen LogP contribution is 2.39. The number of hydroxylamine groups is 2. The summed E-state index contributed by atoms with van der Waals surface area (Å²) in [5, 5.41) is 1.63. The van der Waals surface area contributed by atoms with E-state index in [4.69, 9.17) is 9.57 Å². The molecule has 21 heavy (non-hydrogen) atoms. The molecule has 2 heterocycles. The van der Waals surface area contributed by atoms with Crippen LogP contribution in [-0.2, 0) is 14.4 Å². The lowest BCUT2D eigenvalue weighted by Crippen LogP contribution is -2.61. The van der Waals surface area contributed by atoms with E-state index in [1.54, 1.807) is 5.06 Å². The lowest BCUT2D eigenvalue weighted by molar-refractivity contribution is -0.319. The third-order valence-corrected chi connectivity index (χ3v) is 5.40. The van der Waals surface area contributed by atoms with Gasteiger partial charge in [0.05, 0.1) is 12.0 Å². The van der Waals surface area contributed by atoms with Crippen molar-refractivity contribution in [3.8, 4) is 0 Å². The van der Waals surface area contributed by atoms with Crippen LogP contribution >= 0.6 is 0 Å². The molecule has 3 aliphatic rings. The Hall–Kier alpha value is -0.610. The van der Waals surface area contributed by atoms with Crippen LogP contribution in [0.5, 0.6) is 0 Å². The summed E-state index contributed by atoms with van der Waals surface area (Å²) in [5.74, 6) is 1.15. The quantitative estimate of drug-likeness (QED) is 0.727. The van der Waals surface area contributed by atoms with Crippen molar-refractivity contribution in [3.05, 3.63) is 0 Å². The van der Waals surface area contributed by atoms with Crippen molar-refractivity contribution in [2.75, 3.05) is 6.61 Å². The summed E-state index contributed by atoms with van der Waals surface area (Å²) < 4.78 is 5.59. The Morgan fingerprint density at radius 2 is 1.90 bits per heavy atom. The minimum Gasteiger partial charge on any atom is -0.350 e. The van der Waals surface area contributed by atoms with Gasteiger partial charge < -0.3 is 4.74 Å². The fraction of sp³-hybridized carbons (Fsp3) is 0.941. The lowest BCUT2D eigenvalue weighted by atomic mass is 9.76. The maximum absolute atomic E-state index is 12.4. The molecule has 2 saturated heterocycles. The second kappa shape index (κ2) is 7.10. The minimum atomic E-state index is -0.201. The molecule has 0 radical (unpaired) electrons. The summed E-state index contributed by atoms with van der Waals surface area (Å²) in [6.07, 6.45) is 11.7. The van der Waals surface area contributed by atoms with Crippen LogP contribution in [-0.4, -0.2) is 29.9 Å². The minimum absolute atomic E-state index is 0.196. The molecule has 0 bridgehead atoms. The highest BCUT2D eigenvalue weighted by atomic mass is 16.8. The first kappa shape index (κ1) is 15.3. The molecule has 3 rings (SSSR count). The molecule has 0 spiro atoms. The monoisotopic (exact) mass is 295 g/mol. The molecular weight excluding hydrogens is 266 g/mol. The Labute approximate surface area is 128 Å². The molecule has 0 aromatic carbocycles. The van der Waals surface area contributed by atoms with E-state index in [9.17, 15) is 4.79 Å². The molecule has 0 aromatic heterocycles. The van der Waals surface area contributed by atoms with E-state index in [1.165, 1.54) is 32.1 Å². The Bertz CT molecular complexity index is 318. The zero-order valence-electron chi connectivity index (χ0n) is 13.3. The zero-order chi connectivity index (χ0) is 14.7. The van der Waals surface area contributed by atoms with Gasteiger partial charge in [-0.1, -0.05) is 39.0 Å². The number of nitrogens with zero attached hydrogens (tertiary/aromatic N) is 1. The lowest BCUT2D eigenvalue weighted by Gasteiger charge is -2.48. The fourth-order valence-electron chi connectivity index (χ4n) is 4.11. The molecule has 4 nitrogen and oxygen atoms in total. The van der Waals surface area contributed by atoms with Crippen LogP contribution < -0.4 is 0 Å². The molecule has 3 atom stereocenters. The average Bonchev–Trinajstić information content (AvgIpc) is 2.55. The Kier molecular flexibility index (Phi) is 5.17. The van der Waals surface area contributed by atoms with Gasteiger partial charge in [-0.05, 0) is 31.6 Å². The van der Waals surface area contributed by atoms with E-state index < -0.39 is 0 Å². The summed E-state index contributed by atoms with van der Waals surface area (Å²) in [4.78, 5) is 18.2. The number of rotatable bonds is 5. The van der Waals surface area contributed by atoms with Gasteiger partial charge >= 0.3 is 0 Å². The van der Waals surface area contributed by atoms with Crippen LogP contribution in [0.1, 0.15) is 71.1 Å². The van der Waals surface area contributed by atoms with Crippen LogP contribution in [0, 0.1) is 11.8 Å². The number of carbonyl (C=O) groups excluding carboxylic acids is 1. The molecule has 2 aliphatic heterocycles. The van der Waals surface area contributed by atoms with Gasteiger partial charge in [0.15, 0.2) is 6.29 Å². The fourth-order valence-corrected chi connectivity index (χ4v) is 4.11. The predicted molar refractivity (Wildman–Crippen MR) is 80.3 cm³/mol. The Balaban J connectivity index is 1.51. The summed E-state index contributed by atoms with van der Waals surface area (Å²) in [6.45, 7) is 2.91. The topological polar surface area (TPSA) is 38.8 Å². The molecule has 3 fully saturated rings. The molecule has 1 aliphatic carbocycles. The smallest absolute Gasteiger partial charge is 0.251 e. The van der Waals surface area contributed by atoms with Crippen molar-refractivity contribution < 1.29 is 14.4 Å². The van der Waals surface area contributed by atoms with Crippen molar-refractivity contribution >= 4 is 5.91 Å². The first-order chi connectivity index (χ1) is 10.3. The molecule has 1 saturated carbocycles. The second-order valence-electron chi connectivity index (χ2n) is 6.89. The van der Waals surface area contributed by atoms with Gasteiger partial charge in [0.25, 0.3) is 5.91 Å². The van der Waals surface area contributed by atoms with E-state index in [2.05, 4.69) is 6.92 Å². The summed E-state index contributed by atoms with van der Waals surface area (Å²) in [5.41, 5.74) is 0. The van der Waals surface area contributed by atoms with Crippen LogP contribution in [0.4, 0.5) is 0 Å². The Morgan fingerprint density at radius 1 is 1.14 bits per heavy atom. The number of ether oxygens (including phenoxy) is 1. The van der Waals surface area contributed by atoms with Crippen molar-refractivity contribution in [1.82, 2.24) is 5.06 Å². The molecule has 120 valence electrons. The third kappa shape index (κ3) is 3.42. The molecule has 4 heteroatoms. The van der Waals surface area contributed by atoms with Gasteiger partial charge in [0.2, 0.25) is 0 Å². The van der Waals surface area contributed by atoms with Crippen LogP contribution in [0.25, 0.3) is 0 Å². The second-order valence-corrected chi connectivity index (χ2v) is 6.89. The highest BCUT2D eigenvalue weighted by molar-refractivity contribution is 5.84. The standard InChI is InChI=1S/C17H29NO3/c1-2-15-14(12-13-8-4-3-5-9-13)17(19)18(15)21-16-10-6-7-11-20-16/h13-16H,2-12H2,1H3/t14?,15-,16?/m0/s1. The summed E-state index contributed by atoms with van der Waals surface area (Å²) in [6, 6.07) is 0.268. The van der Waals surface area contributed by atoms with Gasteiger partial charge in [0.1, 0.15) is 0 Å². The van der Waals surface area contributed by atoms with Crippen LogP contribution in [0.15, 0.2) is 0 Å². The number of hydrogen-bond acceptors (Lipinski definition) is 3. The Morgan fingerprint density at radius 3 is 2.57 bits per heavy atom. The van der Waals surface area contributed by atoms with Gasteiger partial charge in [-0.3, -0.25) is 4.79 Å². The van der Waals surface area contributed by atoms with Gasteiger partial charge in [-0.25, -0.2) is 9.90 Å². The average molecular weight is 295 g/mol. The third-order valence-electron chi connectivity index (χ3n) is 5.40. The highest BCUT2D eigenvalue weighted by Gasteiger charge is 2.49. The van der Waals surface area contributed by atoms with Crippen molar-refractivity contribution in [2.24, 2.45) is 11.8 Å². The van der Waals surface area contributed by atoms with E-state index in [-0.39, 0.29) is 24.2 Å². The number of β-lactam (4-membered cyclic amide) rings is 1. The van der Waals surface area contributed by atoms with Gasteiger partial charge in [-0.2, -0.15) is 0 Å². The maximum atomic E-state index is 12.4. The van der Waals surface area contributed by atoms with Crippen LogP contribution in [0.2, 0.25) is 0 Å². The van der Waals surface area contributed by atoms with Crippen molar-refractivity contribution in [2.45, 2.75) is 83.5 Å². The predicted octanol–water partition coefficient (Wildman–Crippen LogP) is 3.65. The van der Waals surface area contributed by atoms with Crippen molar-refractivity contribution in [1.29, 1.82) is 0 Å². The first-order valence-electron chi connectivity index (χ1n) is 8.91. The zero-order valence-corrected chi connectivity index (χ0v) is 13.3. The van der Waals surface area contributed by atoms with Gasteiger partial charge in [-0.15, -0.1) is 0 Å². The van der Waals surface area contributed by atoms with E-state index in [0.29, 0.717) is 0 Å². The van der Waals surface area contributed by atoms with E-state index in [0.717, 1.165) is 44.6 Å². The maximum Gasteiger partial charge on any atom is 0.251 e. The van der Waals surface area contributed by atoms with E-state index >= 15 is 0 Å². The normalized spacial score (nSPS) is 34.8. The molecule has 1 amide bonds. The van der Waals surface area contributed by atoms with E-state index in [1.807, 2.05) is 0 Å². The molecule has 0 aromatic rings. The van der Waals surface area contributed by atoms with Crippen LogP contribution in [0.3, 0.4) is 0 Å². The largest absolute Gasteiger partial charge is 0.350 e. The number of hydrogen-bond donors (Lipinski definition) is 0. The summed E-state index contributed by atoms with van der Waals surface area (Å²) >= 11 is 0. The molecule has 2 unspecified atom stereocenters. The SMILES string of the molecule is CC[C@H]1C(CC2CCCCC2)C(=O)N1OC1CCCCO1. The van der Waals surface area contributed by atoms with Crippen molar-refractivity contribution in [3.63, 3.8) is 0 Å². The number of amides is 1. The summed E-state index contributed by atoms with van der Waals surface area (Å²) in [7, 11) is 0. The van der Waals surface area contributed by atoms with Gasteiger partial charge in [0, 0.05) is 13.0 Å².